The van der Waals surface area contributed by atoms with E-state index in [1.807, 2.05) is 37.0 Å². The number of aryl methyl sites for hydroxylation is 3. The van der Waals surface area contributed by atoms with Crippen molar-refractivity contribution in [2.24, 2.45) is 0 Å². The van der Waals surface area contributed by atoms with Gasteiger partial charge in [0.2, 0.25) is 0 Å². The van der Waals surface area contributed by atoms with E-state index in [2.05, 4.69) is 5.16 Å². The van der Waals surface area contributed by atoms with Gasteiger partial charge in [0.05, 0.1) is 16.4 Å². The molecule has 4 rings (SSSR count). The summed E-state index contributed by atoms with van der Waals surface area (Å²) in [5.41, 5.74) is 2.72. The largest absolute Gasteiger partial charge is 0.360 e. The van der Waals surface area contributed by atoms with Crippen LogP contribution in [0.2, 0.25) is 0 Å². The van der Waals surface area contributed by atoms with E-state index in [0.717, 1.165) is 32.4 Å². The van der Waals surface area contributed by atoms with Gasteiger partial charge in [0.1, 0.15) is 5.56 Å². The molecule has 2 aliphatic rings. The Bertz CT molecular complexity index is 777. The second-order valence-corrected chi connectivity index (χ2v) is 8.97. The first-order chi connectivity index (χ1) is 12.5. The Morgan fingerprint density at radius 2 is 1.96 bits per heavy atom. The highest BCUT2D eigenvalue weighted by molar-refractivity contribution is 7.11. The van der Waals surface area contributed by atoms with Crippen molar-refractivity contribution in [3.63, 3.8) is 0 Å². The molecule has 0 spiro atoms. The molecule has 2 aromatic rings. The lowest BCUT2D eigenvalue weighted by atomic mass is 9.96. The van der Waals surface area contributed by atoms with E-state index < -0.39 is 0 Å². The molecule has 140 valence electrons. The summed E-state index contributed by atoms with van der Waals surface area (Å²) >= 11 is 1.92. The molecule has 0 saturated carbocycles. The molecule has 1 saturated heterocycles. The second-order valence-electron chi connectivity index (χ2n) is 7.86. The van der Waals surface area contributed by atoms with Crippen molar-refractivity contribution in [2.75, 3.05) is 13.1 Å². The maximum Gasteiger partial charge on any atom is 0.259 e. The van der Waals surface area contributed by atoms with Crippen LogP contribution >= 0.6 is 11.3 Å². The van der Waals surface area contributed by atoms with E-state index in [9.17, 15) is 4.79 Å². The number of thiazole rings is 1. The molecule has 2 aromatic heterocycles. The number of nitrogens with zero attached hydrogens (tertiary/aromatic N) is 3. The minimum absolute atomic E-state index is 0.0735. The molecule has 0 radical (unpaired) electrons. The molecule has 26 heavy (non-hydrogen) atoms. The number of amides is 1. The Balaban J connectivity index is 1.44. The van der Waals surface area contributed by atoms with Crippen LogP contribution in [-0.2, 0) is 12.8 Å². The van der Waals surface area contributed by atoms with E-state index in [-0.39, 0.29) is 11.8 Å². The predicted molar refractivity (Wildman–Crippen MR) is 102 cm³/mol. The van der Waals surface area contributed by atoms with Crippen LogP contribution in [0.15, 0.2) is 4.52 Å². The van der Waals surface area contributed by atoms with Crippen molar-refractivity contribution in [1.82, 2.24) is 15.0 Å². The molecule has 1 aliphatic carbocycles. The lowest BCUT2D eigenvalue weighted by Gasteiger charge is -2.31. The van der Waals surface area contributed by atoms with Crippen LogP contribution in [-0.4, -0.2) is 34.0 Å². The van der Waals surface area contributed by atoms with Gasteiger partial charge < -0.3 is 9.42 Å². The Morgan fingerprint density at radius 3 is 2.65 bits per heavy atom. The average Bonchev–Trinajstić information content (AvgIpc) is 3.24. The number of rotatable bonds is 3. The van der Waals surface area contributed by atoms with Gasteiger partial charge in [-0.1, -0.05) is 19.0 Å². The fourth-order valence-corrected chi connectivity index (χ4v) is 5.40. The van der Waals surface area contributed by atoms with Crippen molar-refractivity contribution in [3.05, 3.63) is 32.6 Å². The van der Waals surface area contributed by atoms with Gasteiger partial charge in [-0.25, -0.2) is 4.98 Å². The van der Waals surface area contributed by atoms with Crippen LogP contribution < -0.4 is 0 Å². The molecule has 0 atom stereocenters. The number of fused-ring (bicyclic) bond motifs is 1. The van der Waals surface area contributed by atoms with Gasteiger partial charge in [0.25, 0.3) is 5.91 Å². The second kappa shape index (κ2) is 7.14. The van der Waals surface area contributed by atoms with Gasteiger partial charge in [-0.05, 0) is 45.4 Å². The molecular formula is C20H27N3O2S. The SMILES string of the molecule is Cc1noc(C(C)C)c1C(=O)N1CCC(c2nc3c(s2)CCCC3)CC1. The minimum atomic E-state index is 0.0735. The maximum atomic E-state index is 13.0. The summed E-state index contributed by atoms with van der Waals surface area (Å²) < 4.78 is 5.40. The van der Waals surface area contributed by atoms with Crippen molar-refractivity contribution in [1.29, 1.82) is 0 Å². The van der Waals surface area contributed by atoms with Gasteiger partial charge in [-0.15, -0.1) is 11.3 Å². The zero-order valence-electron chi connectivity index (χ0n) is 15.9. The summed E-state index contributed by atoms with van der Waals surface area (Å²) in [4.78, 5) is 21.4. The molecule has 1 fully saturated rings. The third-order valence-electron chi connectivity index (χ3n) is 5.62. The van der Waals surface area contributed by atoms with Gasteiger partial charge in [0.15, 0.2) is 5.76 Å². The van der Waals surface area contributed by atoms with Crippen LogP contribution in [0.4, 0.5) is 0 Å². The Kier molecular flexibility index (Phi) is 4.86. The zero-order chi connectivity index (χ0) is 18.3. The first-order valence-corrected chi connectivity index (χ1v) is 10.6. The van der Waals surface area contributed by atoms with E-state index in [4.69, 9.17) is 9.51 Å². The number of hydrogen-bond acceptors (Lipinski definition) is 5. The zero-order valence-corrected chi connectivity index (χ0v) is 16.7. The molecule has 0 N–H and O–H groups in total. The quantitative estimate of drug-likeness (QED) is 0.797. The highest BCUT2D eigenvalue weighted by Gasteiger charge is 2.31. The number of piperidine rings is 1. The fraction of sp³-hybridized carbons (Fsp3) is 0.650. The van der Waals surface area contributed by atoms with Crippen LogP contribution in [0.1, 0.15) is 88.8 Å². The Morgan fingerprint density at radius 1 is 1.23 bits per heavy atom. The number of hydrogen-bond donors (Lipinski definition) is 0. The monoisotopic (exact) mass is 373 g/mol. The minimum Gasteiger partial charge on any atom is -0.360 e. The van der Waals surface area contributed by atoms with E-state index in [1.54, 1.807) is 0 Å². The van der Waals surface area contributed by atoms with Gasteiger partial charge in [-0.3, -0.25) is 4.79 Å². The van der Waals surface area contributed by atoms with Gasteiger partial charge in [0, 0.05) is 29.8 Å². The standard InChI is InChI=1S/C20H27N3O2S/c1-12(2)18-17(13(3)22-25-18)20(24)23-10-8-14(9-11-23)19-21-15-6-4-5-7-16(15)26-19/h12,14H,4-11H2,1-3H3. The van der Waals surface area contributed by atoms with Crippen LogP contribution in [0.3, 0.4) is 0 Å². The molecular weight excluding hydrogens is 346 g/mol. The third-order valence-corrected chi connectivity index (χ3v) is 6.94. The normalized spacial score (nSPS) is 18.4. The average molecular weight is 374 g/mol. The topological polar surface area (TPSA) is 59.2 Å². The van der Waals surface area contributed by atoms with E-state index >= 15 is 0 Å². The molecule has 6 heteroatoms. The highest BCUT2D eigenvalue weighted by Crippen LogP contribution is 2.36. The van der Waals surface area contributed by atoms with Gasteiger partial charge >= 0.3 is 0 Å². The molecule has 0 bridgehead atoms. The van der Waals surface area contributed by atoms with Gasteiger partial charge in [-0.2, -0.15) is 0 Å². The molecule has 1 aliphatic heterocycles. The number of carbonyl (C=O) groups excluding carboxylic acids is 1. The smallest absolute Gasteiger partial charge is 0.259 e. The van der Waals surface area contributed by atoms with Crippen LogP contribution in [0, 0.1) is 6.92 Å². The van der Waals surface area contributed by atoms with Crippen molar-refractivity contribution in [3.8, 4) is 0 Å². The Hall–Kier alpha value is -1.69. The van der Waals surface area contributed by atoms with E-state index in [1.165, 1.54) is 34.8 Å². The maximum absolute atomic E-state index is 13.0. The highest BCUT2D eigenvalue weighted by atomic mass is 32.1. The predicted octanol–water partition coefficient (Wildman–Crippen LogP) is 4.46. The number of likely N-dealkylation sites (tertiary alicyclic amines) is 1. The lowest BCUT2D eigenvalue weighted by Crippen LogP contribution is -2.38. The lowest BCUT2D eigenvalue weighted by molar-refractivity contribution is 0.0709. The summed E-state index contributed by atoms with van der Waals surface area (Å²) in [5.74, 6) is 1.45. The summed E-state index contributed by atoms with van der Waals surface area (Å²) in [6, 6.07) is 0. The fourth-order valence-electron chi connectivity index (χ4n) is 4.08. The van der Waals surface area contributed by atoms with E-state index in [0.29, 0.717) is 22.9 Å². The molecule has 0 unspecified atom stereocenters. The Labute approximate surface area is 158 Å². The molecule has 1 amide bonds. The van der Waals surface area contributed by atoms with Crippen molar-refractivity contribution >= 4 is 17.2 Å². The third kappa shape index (κ3) is 3.20. The number of aromatic nitrogens is 2. The summed E-state index contributed by atoms with van der Waals surface area (Å²) in [5, 5.41) is 5.32. The first-order valence-electron chi connectivity index (χ1n) is 9.78. The molecule has 3 heterocycles. The van der Waals surface area contributed by atoms with Crippen molar-refractivity contribution in [2.45, 2.75) is 71.1 Å². The molecule has 5 nitrogen and oxygen atoms in total. The summed E-state index contributed by atoms with van der Waals surface area (Å²) in [6.45, 7) is 7.50. The summed E-state index contributed by atoms with van der Waals surface area (Å²) in [6.07, 6.45) is 6.93. The molecule has 0 aromatic carbocycles. The van der Waals surface area contributed by atoms with Crippen LogP contribution in [0.25, 0.3) is 0 Å². The summed E-state index contributed by atoms with van der Waals surface area (Å²) in [7, 11) is 0. The van der Waals surface area contributed by atoms with Crippen molar-refractivity contribution < 1.29 is 9.32 Å². The van der Waals surface area contributed by atoms with Crippen LogP contribution in [0.5, 0.6) is 0 Å². The number of carbonyl (C=O) groups is 1. The first kappa shape index (κ1) is 17.7.